The third-order valence-corrected chi connectivity index (χ3v) is 3.56. The summed E-state index contributed by atoms with van der Waals surface area (Å²) in [6, 6.07) is -0.486. The summed E-state index contributed by atoms with van der Waals surface area (Å²) in [5.41, 5.74) is -0.243. The van der Waals surface area contributed by atoms with Gasteiger partial charge in [0.1, 0.15) is 6.04 Å². The van der Waals surface area contributed by atoms with Crippen LogP contribution in [0.1, 0.15) is 40.5 Å². The van der Waals surface area contributed by atoms with E-state index in [2.05, 4.69) is 15.5 Å². The van der Waals surface area contributed by atoms with Crippen molar-refractivity contribution >= 4 is 52.3 Å². The molecule has 2 rings (SSSR count). The molecule has 2 aliphatic rings. The number of nitrogens with zero attached hydrogens (tertiary/aromatic N) is 1. The van der Waals surface area contributed by atoms with E-state index in [0.717, 1.165) is 19.4 Å². The maximum Gasteiger partial charge on any atom is 0.239 e. The van der Waals surface area contributed by atoms with Gasteiger partial charge >= 0.3 is 0 Å². The minimum atomic E-state index is -0.243. The number of nitrogens with one attached hydrogen (secondary N) is 2. The van der Waals surface area contributed by atoms with Crippen molar-refractivity contribution in [3.8, 4) is 0 Å². The lowest BCUT2D eigenvalue weighted by Gasteiger charge is -2.41. The first kappa shape index (κ1) is 23.2. The third kappa shape index (κ3) is 5.26. The number of carbonyl (C=O) groups is 2. The summed E-state index contributed by atoms with van der Waals surface area (Å²) in [7, 11) is 0. The molecule has 2 heterocycles. The zero-order chi connectivity index (χ0) is 13.5. The van der Waals surface area contributed by atoms with E-state index in [1.807, 2.05) is 27.7 Å². The number of hydrogen-bond donors (Lipinski definition) is 2. The zero-order valence-corrected chi connectivity index (χ0v) is 16.1. The largest absolute Gasteiger partial charge is 0.350 e. The molecule has 8 heteroatoms. The van der Waals surface area contributed by atoms with Crippen molar-refractivity contribution in [1.29, 1.82) is 0 Å². The van der Waals surface area contributed by atoms with E-state index in [-0.39, 0.29) is 76.0 Å². The Morgan fingerprint density at radius 2 is 1.86 bits per heavy atom. The van der Waals surface area contributed by atoms with Gasteiger partial charge < -0.3 is 10.6 Å². The van der Waals surface area contributed by atoms with Gasteiger partial charge in [0.15, 0.2) is 0 Å². The molecule has 0 saturated carbocycles. The van der Waals surface area contributed by atoms with E-state index in [0.29, 0.717) is 0 Å². The molecule has 21 heavy (non-hydrogen) atoms. The van der Waals surface area contributed by atoms with Crippen LogP contribution in [0.3, 0.4) is 0 Å². The maximum atomic E-state index is 12.4. The van der Waals surface area contributed by atoms with Gasteiger partial charge in [-0.3, -0.25) is 14.5 Å². The Bertz CT molecular complexity index is 374. The van der Waals surface area contributed by atoms with E-state index in [1.54, 1.807) is 0 Å². The van der Waals surface area contributed by atoms with Crippen LogP contribution in [-0.4, -0.2) is 46.9 Å². The fourth-order valence-corrected chi connectivity index (χ4v) is 2.91. The minimum Gasteiger partial charge on any atom is -0.350 e. The number of piperazine rings is 1. The second-order valence-electron chi connectivity index (χ2n) is 6.38. The molecule has 0 aromatic rings. The second kappa shape index (κ2) is 8.55. The highest BCUT2D eigenvalue weighted by atomic mass is 32.1. The average Bonchev–Trinajstić information content (AvgIpc) is 2.63. The van der Waals surface area contributed by atoms with Crippen molar-refractivity contribution < 1.29 is 9.59 Å². The maximum absolute atomic E-state index is 12.4. The molecule has 2 N–H and O–H groups in total. The number of rotatable bonds is 1. The van der Waals surface area contributed by atoms with Crippen LogP contribution in [0.5, 0.6) is 0 Å². The first-order chi connectivity index (χ1) is 8.29. The highest BCUT2D eigenvalue weighted by Gasteiger charge is 2.46. The van der Waals surface area contributed by atoms with Crippen LogP contribution in [-0.2, 0) is 9.59 Å². The molecule has 5 nitrogen and oxygen atoms in total. The SMILES string of the molecule is C[C@@H]1NC(=O)[C@@H]2CCCN2[C@@H]1C(=O)NC(C)(C)C.S.S.S. The Kier molecular flexibility index (Phi) is 9.45. The fourth-order valence-electron chi connectivity index (χ4n) is 2.91. The molecule has 2 saturated heterocycles. The van der Waals surface area contributed by atoms with Crippen molar-refractivity contribution in [2.45, 2.75) is 64.2 Å². The molecule has 0 spiro atoms. The molecule has 0 unspecified atom stereocenters. The predicted octanol–water partition coefficient (Wildman–Crippen LogP) is 0.591. The summed E-state index contributed by atoms with van der Waals surface area (Å²) in [4.78, 5) is 26.3. The van der Waals surface area contributed by atoms with E-state index >= 15 is 0 Å². The van der Waals surface area contributed by atoms with Gasteiger partial charge in [-0.1, -0.05) is 0 Å². The fraction of sp³-hybridized carbons (Fsp3) is 0.846. The van der Waals surface area contributed by atoms with Gasteiger partial charge in [-0.2, -0.15) is 40.5 Å². The number of fused-ring (bicyclic) bond motifs is 1. The lowest BCUT2D eigenvalue weighted by molar-refractivity contribution is -0.138. The zero-order valence-electron chi connectivity index (χ0n) is 13.1. The van der Waals surface area contributed by atoms with Gasteiger partial charge in [0.25, 0.3) is 0 Å². The molecule has 2 fully saturated rings. The lowest BCUT2D eigenvalue weighted by Crippen LogP contribution is -2.67. The summed E-state index contributed by atoms with van der Waals surface area (Å²) in [5, 5.41) is 5.94. The van der Waals surface area contributed by atoms with Crippen molar-refractivity contribution in [3.63, 3.8) is 0 Å². The highest BCUT2D eigenvalue weighted by Crippen LogP contribution is 2.26. The molecule has 0 aromatic heterocycles. The molecule has 2 aliphatic heterocycles. The summed E-state index contributed by atoms with van der Waals surface area (Å²) < 4.78 is 0. The molecular formula is C13H29N3O2S3. The molecule has 0 aliphatic carbocycles. The van der Waals surface area contributed by atoms with E-state index < -0.39 is 0 Å². The second-order valence-corrected chi connectivity index (χ2v) is 6.38. The van der Waals surface area contributed by atoms with Crippen LogP contribution in [0.25, 0.3) is 0 Å². The quantitative estimate of drug-likeness (QED) is 0.724. The van der Waals surface area contributed by atoms with Crippen LogP contribution in [0.4, 0.5) is 0 Å². The van der Waals surface area contributed by atoms with E-state index in [4.69, 9.17) is 0 Å². The van der Waals surface area contributed by atoms with Crippen molar-refractivity contribution in [3.05, 3.63) is 0 Å². The van der Waals surface area contributed by atoms with Crippen LogP contribution in [0.2, 0.25) is 0 Å². The van der Waals surface area contributed by atoms with Crippen molar-refractivity contribution in [1.82, 2.24) is 15.5 Å². The Balaban J connectivity index is 0. The first-order valence-electron chi connectivity index (χ1n) is 6.68. The number of amides is 2. The summed E-state index contributed by atoms with van der Waals surface area (Å²) >= 11 is 0. The van der Waals surface area contributed by atoms with E-state index in [1.165, 1.54) is 0 Å². The highest BCUT2D eigenvalue weighted by molar-refractivity contribution is 7.59. The Morgan fingerprint density at radius 1 is 1.29 bits per heavy atom. The van der Waals surface area contributed by atoms with Crippen LogP contribution in [0, 0.1) is 0 Å². The molecule has 3 atom stereocenters. The smallest absolute Gasteiger partial charge is 0.239 e. The predicted molar refractivity (Wildman–Crippen MR) is 100 cm³/mol. The molecule has 0 radical (unpaired) electrons. The number of carbonyl (C=O) groups excluding carboxylic acids is 2. The Morgan fingerprint density at radius 3 is 2.38 bits per heavy atom. The molecule has 126 valence electrons. The summed E-state index contributed by atoms with van der Waals surface area (Å²) in [5.74, 6) is 0.0849. The molecule has 0 aromatic carbocycles. The first-order valence-corrected chi connectivity index (χ1v) is 6.68. The minimum absolute atomic E-state index is 0. The van der Waals surface area contributed by atoms with Gasteiger partial charge in [-0.25, -0.2) is 0 Å². The molecule has 0 bridgehead atoms. The van der Waals surface area contributed by atoms with Gasteiger partial charge in [0.2, 0.25) is 11.8 Å². The van der Waals surface area contributed by atoms with Crippen LogP contribution in [0.15, 0.2) is 0 Å². The standard InChI is InChI=1S/C13H23N3O2.3H2S/c1-8-10(12(18)15-13(2,3)4)16-7-5-6-9(16)11(17)14-8;;;/h8-10H,5-7H2,1-4H3,(H,14,17)(H,15,18);3*1H2/t8-,9-,10-;;;/m0.../s1. The van der Waals surface area contributed by atoms with Gasteiger partial charge in [-0.15, -0.1) is 0 Å². The van der Waals surface area contributed by atoms with Gasteiger partial charge in [-0.05, 0) is 47.1 Å². The molecular weight excluding hydrogens is 326 g/mol. The van der Waals surface area contributed by atoms with Gasteiger partial charge in [0.05, 0.1) is 12.1 Å². The van der Waals surface area contributed by atoms with Crippen LogP contribution < -0.4 is 10.6 Å². The van der Waals surface area contributed by atoms with Crippen LogP contribution >= 0.6 is 40.5 Å². The van der Waals surface area contributed by atoms with E-state index in [9.17, 15) is 9.59 Å². The Hall–Kier alpha value is -0.0500. The monoisotopic (exact) mass is 355 g/mol. The average molecular weight is 356 g/mol. The molecule has 2 amide bonds. The summed E-state index contributed by atoms with van der Waals surface area (Å²) in [6.45, 7) is 8.65. The van der Waals surface area contributed by atoms with Gasteiger partial charge in [0, 0.05) is 5.54 Å². The third-order valence-electron chi connectivity index (χ3n) is 3.56. The lowest BCUT2D eigenvalue weighted by atomic mass is 9.99. The summed E-state index contributed by atoms with van der Waals surface area (Å²) in [6.07, 6.45) is 1.85. The number of hydrogen-bond acceptors (Lipinski definition) is 3. The normalized spacial score (nSPS) is 28.2. The van der Waals surface area contributed by atoms with Crippen molar-refractivity contribution in [2.24, 2.45) is 0 Å². The Labute approximate surface area is 148 Å². The van der Waals surface area contributed by atoms with Crippen molar-refractivity contribution in [2.75, 3.05) is 6.54 Å². The topological polar surface area (TPSA) is 61.4 Å².